The second-order valence-corrected chi connectivity index (χ2v) is 28.1. The van der Waals surface area contributed by atoms with E-state index in [-0.39, 0.29) is 20.9 Å². The number of hydrogen-bond donors (Lipinski definition) is 0. The molecule has 0 saturated heterocycles. The van der Waals surface area contributed by atoms with Crippen molar-refractivity contribution in [2.45, 2.75) is 79.2 Å². The van der Waals surface area contributed by atoms with Crippen LogP contribution in [0.5, 0.6) is 0 Å². The Labute approximate surface area is 206 Å². The van der Waals surface area contributed by atoms with Gasteiger partial charge in [0.2, 0.25) is 0 Å². The fourth-order valence-electron chi connectivity index (χ4n) is 4.16. The van der Waals surface area contributed by atoms with Gasteiger partial charge in [-0.15, -0.1) is 0 Å². The van der Waals surface area contributed by atoms with E-state index in [9.17, 15) is 0 Å². The van der Waals surface area contributed by atoms with Crippen LogP contribution < -0.4 is 3.61 Å². The summed E-state index contributed by atoms with van der Waals surface area (Å²) in [7, 11) is 0. The van der Waals surface area contributed by atoms with Crippen LogP contribution in [0.1, 0.15) is 64.9 Å². The number of ether oxygens (including phenoxy) is 1. The van der Waals surface area contributed by atoms with Crippen molar-refractivity contribution in [1.29, 1.82) is 0 Å². The molecule has 0 radical (unpaired) electrons. The van der Waals surface area contributed by atoms with Gasteiger partial charge in [0, 0.05) is 0 Å². The second kappa shape index (κ2) is 16.4. The Morgan fingerprint density at radius 2 is 1.29 bits per heavy atom. The van der Waals surface area contributed by atoms with E-state index in [4.69, 9.17) is 4.74 Å². The van der Waals surface area contributed by atoms with Gasteiger partial charge >= 0.3 is 207 Å². The summed E-state index contributed by atoms with van der Waals surface area (Å²) in [5.74, 6) is 0. The Bertz CT molecular complexity index is 707. The van der Waals surface area contributed by atoms with Gasteiger partial charge in [0.15, 0.2) is 0 Å². The molecule has 2 aromatic carbocycles. The van der Waals surface area contributed by atoms with Crippen LogP contribution >= 0.6 is 0 Å². The SMILES string of the molecule is CCC[CH2][Sn]([CH2]CCC)([CH2]CCC)/[C](=C\COCc1ccccc1)[Te]c1ccccc1. The van der Waals surface area contributed by atoms with E-state index in [0.29, 0.717) is 0 Å². The maximum absolute atomic E-state index is 6.17. The Morgan fingerprint density at radius 1 is 0.774 bits per heavy atom. The molecule has 0 aliphatic rings. The normalized spacial score (nSPS) is 12.3. The zero-order valence-electron chi connectivity index (χ0n) is 19.9. The van der Waals surface area contributed by atoms with Crippen molar-refractivity contribution in [2.75, 3.05) is 6.61 Å². The van der Waals surface area contributed by atoms with Crippen molar-refractivity contribution < 1.29 is 4.74 Å². The monoisotopic (exact) mass is 644 g/mol. The van der Waals surface area contributed by atoms with Crippen LogP contribution in [0.2, 0.25) is 13.3 Å². The Morgan fingerprint density at radius 3 is 1.81 bits per heavy atom. The molecule has 0 N–H and O–H groups in total. The van der Waals surface area contributed by atoms with Gasteiger partial charge < -0.3 is 0 Å². The standard InChI is InChI=1S/C16H15OTe.3C4H9.Sn/c1-3-8-15(9-4-1)14-17-12-7-13-18-16-10-5-2-6-11-16;3*1-3-4-2;/h1-11H,12,14H2;3*1,3-4H2,2H3;. The average molecular weight is 641 g/mol. The third-order valence-electron chi connectivity index (χ3n) is 6.02. The molecule has 0 unspecified atom stereocenters. The van der Waals surface area contributed by atoms with Crippen molar-refractivity contribution >= 4 is 42.9 Å². The molecule has 2 rings (SSSR count). The number of rotatable bonds is 16. The topological polar surface area (TPSA) is 9.23 Å². The summed E-state index contributed by atoms with van der Waals surface area (Å²) in [6.45, 7) is 8.62. The average Bonchev–Trinajstić information content (AvgIpc) is 2.82. The van der Waals surface area contributed by atoms with E-state index in [0.717, 1.165) is 13.2 Å². The summed E-state index contributed by atoms with van der Waals surface area (Å²) in [4.78, 5) is 0. The minimum atomic E-state index is -2.40. The first-order valence-corrected chi connectivity index (χ1v) is 22.1. The van der Waals surface area contributed by atoms with E-state index in [2.05, 4.69) is 87.5 Å². The van der Waals surface area contributed by atoms with Crippen LogP contribution in [0, 0.1) is 0 Å². The molecule has 1 nitrogen and oxygen atoms in total. The Hall–Kier alpha value is -0.272. The summed E-state index contributed by atoms with van der Waals surface area (Å²) in [5.41, 5.74) is 1.27. The van der Waals surface area contributed by atoms with Crippen LogP contribution in [0.4, 0.5) is 0 Å². The minimum absolute atomic E-state index is 0.303. The van der Waals surface area contributed by atoms with E-state index < -0.39 is 18.4 Å². The fourth-order valence-corrected chi connectivity index (χ4v) is 33.6. The summed E-state index contributed by atoms with van der Waals surface area (Å²) in [5, 5.41) is 0. The molecule has 0 aliphatic heterocycles. The molecular formula is C28H42OSnTe. The number of unbranched alkanes of at least 4 members (excludes halogenated alkanes) is 3. The van der Waals surface area contributed by atoms with Gasteiger partial charge in [-0.3, -0.25) is 0 Å². The predicted octanol–water partition coefficient (Wildman–Crippen LogP) is 7.51. The van der Waals surface area contributed by atoms with Crippen molar-refractivity contribution in [2.24, 2.45) is 0 Å². The molecule has 3 heteroatoms. The zero-order chi connectivity index (χ0) is 22.2. The molecule has 2 aromatic rings. The molecule has 0 bridgehead atoms. The summed E-state index contributed by atoms with van der Waals surface area (Å²) >= 11 is -2.70. The molecule has 0 amide bonds. The Balaban J connectivity index is 2.26. The number of hydrogen-bond acceptors (Lipinski definition) is 1. The van der Waals surface area contributed by atoms with Crippen LogP contribution in [-0.4, -0.2) is 45.9 Å². The van der Waals surface area contributed by atoms with Crippen molar-refractivity contribution in [1.82, 2.24) is 0 Å². The summed E-state index contributed by atoms with van der Waals surface area (Å²) in [6.07, 6.45) is 10.9. The van der Waals surface area contributed by atoms with E-state index in [1.165, 1.54) is 44.1 Å². The first kappa shape index (κ1) is 27.0. The molecule has 170 valence electrons. The van der Waals surface area contributed by atoms with Gasteiger partial charge in [0.05, 0.1) is 0 Å². The first-order chi connectivity index (χ1) is 15.2. The third kappa shape index (κ3) is 10.0. The quantitative estimate of drug-likeness (QED) is 0.136. The molecule has 0 aliphatic carbocycles. The van der Waals surface area contributed by atoms with Crippen LogP contribution in [-0.2, 0) is 11.3 Å². The summed E-state index contributed by atoms with van der Waals surface area (Å²) < 4.78 is 14.4. The fraction of sp³-hybridized carbons (Fsp3) is 0.500. The van der Waals surface area contributed by atoms with E-state index in [1.807, 2.05) is 1.64 Å². The molecule has 0 saturated carbocycles. The molecule has 0 fully saturated rings. The van der Waals surface area contributed by atoms with Gasteiger partial charge in [-0.05, 0) is 0 Å². The Kier molecular flexibility index (Phi) is 14.2. The zero-order valence-corrected chi connectivity index (χ0v) is 25.1. The van der Waals surface area contributed by atoms with Crippen molar-refractivity contribution in [3.05, 3.63) is 73.9 Å². The molecule has 0 aromatic heterocycles. The summed E-state index contributed by atoms with van der Waals surface area (Å²) in [6, 6.07) is 22.0. The molecular weight excluding hydrogens is 599 g/mol. The second-order valence-electron chi connectivity index (χ2n) is 8.58. The molecule has 0 spiro atoms. The predicted molar refractivity (Wildman–Crippen MR) is 141 cm³/mol. The van der Waals surface area contributed by atoms with E-state index >= 15 is 0 Å². The van der Waals surface area contributed by atoms with Gasteiger partial charge in [-0.1, -0.05) is 0 Å². The maximum atomic E-state index is 6.17. The number of benzene rings is 2. The molecule has 0 atom stereocenters. The van der Waals surface area contributed by atoms with Crippen LogP contribution in [0.15, 0.2) is 68.4 Å². The van der Waals surface area contributed by atoms with Gasteiger partial charge in [0.1, 0.15) is 0 Å². The third-order valence-corrected chi connectivity index (χ3v) is 33.6. The van der Waals surface area contributed by atoms with Gasteiger partial charge in [0.25, 0.3) is 0 Å². The van der Waals surface area contributed by atoms with Gasteiger partial charge in [-0.25, -0.2) is 0 Å². The first-order valence-electron chi connectivity index (χ1n) is 12.3. The van der Waals surface area contributed by atoms with Gasteiger partial charge in [-0.2, -0.15) is 0 Å². The van der Waals surface area contributed by atoms with Crippen LogP contribution in [0.3, 0.4) is 0 Å². The van der Waals surface area contributed by atoms with Crippen molar-refractivity contribution in [3.63, 3.8) is 0 Å². The van der Waals surface area contributed by atoms with E-state index in [1.54, 1.807) is 16.9 Å². The van der Waals surface area contributed by atoms with Crippen molar-refractivity contribution in [3.8, 4) is 0 Å². The molecule has 31 heavy (non-hydrogen) atoms. The molecule has 0 heterocycles. The van der Waals surface area contributed by atoms with Crippen LogP contribution in [0.25, 0.3) is 0 Å².